The fourth-order valence-corrected chi connectivity index (χ4v) is 3.52. The van der Waals surface area contributed by atoms with E-state index in [-0.39, 0.29) is 11.2 Å². The fourth-order valence-electron chi connectivity index (χ4n) is 2.54. The van der Waals surface area contributed by atoms with E-state index in [0.717, 1.165) is 23.8 Å². The molecule has 3 rings (SSSR count). The third-order valence-corrected chi connectivity index (χ3v) is 5.03. The highest BCUT2D eigenvalue weighted by molar-refractivity contribution is 8.00. The maximum atomic E-state index is 12.1. The molecule has 1 atom stereocenters. The highest BCUT2D eigenvalue weighted by Crippen LogP contribution is 2.42. The van der Waals surface area contributed by atoms with E-state index in [9.17, 15) is 4.79 Å². The second-order valence-corrected chi connectivity index (χ2v) is 7.25. The zero-order chi connectivity index (χ0) is 16.2. The Kier molecular flexibility index (Phi) is 5.06. The third kappa shape index (κ3) is 3.78. The van der Waals surface area contributed by atoms with Crippen molar-refractivity contribution < 1.29 is 4.79 Å². The Morgan fingerprint density at radius 1 is 1.39 bits per heavy atom. The van der Waals surface area contributed by atoms with Crippen LogP contribution in [0.2, 0.25) is 0 Å². The van der Waals surface area contributed by atoms with Gasteiger partial charge in [-0.05, 0) is 31.7 Å². The Bertz CT molecular complexity index is 664. The molecule has 0 saturated heterocycles. The Morgan fingerprint density at radius 2 is 2.13 bits per heavy atom. The molecule has 1 unspecified atom stereocenters. The first-order chi connectivity index (χ1) is 11.2. The van der Waals surface area contributed by atoms with E-state index in [0.29, 0.717) is 6.04 Å². The predicted molar refractivity (Wildman–Crippen MR) is 94.6 cm³/mol. The number of carbonyl (C=O) groups excluding carboxylic acids is 1. The molecule has 1 aromatic heterocycles. The quantitative estimate of drug-likeness (QED) is 0.784. The number of rotatable bonds is 7. The van der Waals surface area contributed by atoms with E-state index < -0.39 is 0 Å². The van der Waals surface area contributed by atoms with Crippen LogP contribution in [0.1, 0.15) is 39.2 Å². The van der Waals surface area contributed by atoms with Gasteiger partial charge in [0.25, 0.3) is 0 Å². The first-order valence-electron chi connectivity index (χ1n) is 8.27. The summed E-state index contributed by atoms with van der Waals surface area (Å²) >= 11 is 1.55. The average Bonchev–Trinajstić information content (AvgIpc) is 3.34. The lowest BCUT2D eigenvalue weighted by Gasteiger charge is -2.14. The molecule has 0 radical (unpaired) electrons. The van der Waals surface area contributed by atoms with Gasteiger partial charge in [0.1, 0.15) is 0 Å². The summed E-state index contributed by atoms with van der Waals surface area (Å²) in [4.78, 5) is 16.7. The lowest BCUT2D eigenvalue weighted by molar-refractivity contribution is -0.120. The molecule has 5 heteroatoms. The molecule has 0 spiro atoms. The van der Waals surface area contributed by atoms with Gasteiger partial charge in [0.2, 0.25) is 5.91 Å². The van der Waals surface area contributed by atoms with Crippen molar-refractivity contribution in [1.82, 2.24) is 14.9 Å². The van der Waals surface area contributed by atoms with Crippen molar-refractivity contribution >= 4 is 17.7 Å². The highest BCUT2D eigenvalue weighted by atomic mass is 32.2. The topological polar surface area (TPSA) is 46.9 Å². The van der Waals surface area contributed by atoms with E-state index in [2.05, 4.69) is 33.9 Å². The van der Waals surface area contributed by atoms with Gasteiger partial charge < -0.3 is 9.88 Å². The second-order valence-electron chi connectivity index (χ2n) is 5.94. The third-order valence-electron chi connectivity index (χ3n) is 3.95. The summed E-state index contributed by atoms with van der Waals surface area (Å²) in [5.74, 6) is 0.0865. The summed E-state index contributed by atoms with van der Waals surface area (Å²) in [6, 6.07) is 10.9. The van der Waals surface area contributed by atoms with Crippen molar-refractivity contribution in [3.05, 3.63) is 36.5 Å². The first kappa shape index (κ1) is 16.1. The van der Waals surface area contributed by atoms with Gasteiger partial charge in [-0.3, -0.25) is 4.79 Å². The number of nitrogens with zero attached hydrogens (tertiary/aromatic N) is 2. The van der Waals surface area contributed by atoms with E-state index >= 15 is 0 Å². The molecule has 1 aromatic carbocycles. The Hall–Kier alpha value is -1.75. The van der Waals surface area contributed by atoms with E-state index in [1.54, 1.807) is 11.8 Å². The Morgan fingerprint density at radius 3 is 2.78 bits per heavy atom. The standard InChI is InChI=1S/C18H23N3OS/c1-3-11-19-17(22)13(2)23-18-20-12-16(21(18)15-9-10-15)14-7-5-4-6-8-14/h4-8,12-13,15H,3,9-11H2,1-2H3,(H,19,22). The molecule has 1 saturated carbocycles. The van der Waals surface area contributed by atoms with Crippen LogP contribution in [0, 0.1) is 0 Å². The van der Waals surface area contributed by atoms with Crippen molar-refractivity contribution in [2.75, 3.05) is 6.54 Å². The zero-order valence-electron chi connectivity index (χ0n) is 13.7. The molecule has 1 N–H and O–H groups in total. The van der Waals surface area contributed by atoms with Gasteiger partial charge in [0.15, 0.2) is 5.16 Å². The van der Waals surface area contributed by atoms with Crippen molar-refractivity contribution in [2.45, 2.75) is 49.6 Å². The van der Waals surface area contributed by atoms with Crippen molar-refractivity contribution in [3.8, 4) is 11.3 Å². The highest BCUT2D eigenvalue weighted by Gasteiger charge is 2.30. The summed E-state index contributed by atoms with van der Waals surface area (Å²) in [5, 5.41) is 3.77. The SMILES string of the molecule is CCCNC(=O)C(C)Sc1ncc(-c2ccccc2)n1C1CC1. The molecule has 122 valence electrons. The normalized spacial score (nSPS) is 15.4. The number of thioether (sulfide) groups is 1. The largest absolute Gasteiger partial charge is 0.355 e. The molecule has 1 aliphatic carbocycles. The minimum Gasteiger partial charge on any atom is -0.355 e. The fraction of sp³-hybridized carbons (Fsp3) is 0.444. The molecule has 0 aliphatic heterocycles. The summed E-state index contributed by atoms with van der Waals surface area (Å²) in [6.45, 7) is 4.74. The summed E-state index contributed by atoms with van der Waals surface area (Å²) < 4.78 is 2.31. The Balaban J connectivity index is 1.80. The van der Waals surface area contributed by atoms with E-state index in [4.69, 9.17) is 0 Å². The number of amides is 1. The molecule has 0 bridgehead atoms. The van der Waals surface area contributed by atoms with Crippen molar-refractivity contribution in [1.29, 1.82) is 0 Å². The monoisotopic (exact) mass is 329 g/mol. The van der Waals surface area contributed by atoms with Gasteiger partial charge in [-0.15, -0.1) is 0 Å². The minimum absolute atomic E-state index is 0.0865. The predicted octanol–water partition coefficient (Wildman–Crippen LogP) is 3.89. The molecule has 1 aliphatic rings. The first-order valence-corrected chi connectivity index (χ1v) is 9.15. The summed E-state index contributed by atoms with van der Waals surface area (Å²) in [5.41, 5.74) is 2.33. The van der Waals surface area contributed by atoms with Crippen LogP contribution < -0.4 is 5.32 Å². The maximum Gasteiger partial charge on any atom is 0.233 e. The van der Waals surface area contributed by atoms with E-state index in [1.165, 1.54) is 18.4 Å². The molecular weight excluding hydrogens is 306 g/mol. The second kappa shape index (κ2) is 7.21. The molecule has 23 heavy (non-hydrogen) atoms. The number of hydrogen-bond donors (Lipinski definition) is 1. The van der Waals surface area contributed by atoms with Gasteiger partial charge >= 0.3 is 0 Å². The number of hydrogen-bond acceptors (Lipinski definition) is 3. The van der Waals surface area contributed by atoms with Gasteiger partial charge in [0, 0.05) is 12.6 Å². The van der Waals surface area contributed by atoms with Gasteiger partial charge in [-0.2, -0.15) is 0 Å². The number of aromatic nitrogens is 2. The summed E-state index contributed by atoms with van der Waals surface area (Å²) in [6.07, 6.45) is 5.28. The van der Waals surface area contributed by atoms with Crippen molar-refractivity contribution in [2.24, 2.45) is 0 Å². The van der Waals surface area contributed by atoms with E-state index in [1.807, 2.05) is 31.3 Å². The molecule has 1 fully saturated rings. The minimum atomic E-state index is -0.134. The molecular formula is C18H23N3OS. The summed E-state index contributed by atoms with van der Waals surface area (Å²) in [7, 11) is 0. The van der Waals surface area contributed by atoms with Crippen LogP contribution in [-0.4, -0.2) is 27.3 Å². The lowest BCUT2D eigenvalue weighted by Crippen LogP contribution is -2.31. The molecule has 2 aromatic rings. The molecule has 1 heterocycles. The van der Waals surface area contributed by atoms with Crippen molar-refractivity contribution in [3.63, 3.8) is 0 Å². The Labute approximate surface area is 141 Å². The molecule has 1 amide bonds. The lowest BCUT2D eigenvalue weighted by atomic mass is 10.2. The van der Waals surface area contributed by atoms with Crippen LogP contribution in [0.15, 0.2) is 41.7 Å². The van der Waals surface area contributed by atoms with Gasteiger partial charge in [-0.1, -0.05) is 49.0 Å². The number of nitrogens with one attached hydrogen (secondary N) is 1. The number of imidazole rings is 1. The van der Waals surface area contributed by atoms with Gasteiger partial charge in [-0.25, -0.2) is 4.98 Å². The van der Waals surface area contributed by atoms with Crippen LogP contribution in [0.25, 0.3) is 11.3 Å². The van der Waals surface area contributed by atoms with Crippen LogP contribution in [-0.2, 0) is 4.79 Å². The van der Waals surface area contributed by atoms with Gasteiger partial charge in [0.05, 0.1) is 17.1 Å². The average molecular weight is 329 g/mol. The number of carbonyl (C=O) groups is 1. The van der Waals surface area contributed by atoms with Crippen LogP contribution in [0.4, 0.5) is 0 Å². The smallest absolute Gasteiger partial charge is 0.233 e. The molecule has 4 nitrogen and oxygen atoms in total. The number of benzene rings is 1. The van der Waals surface area contributed by atoms with Crippen LogP contribution >= 0.6 is 11.8 Å². The zero-order valence-corrected chi connectivity index (χ0v) is 14.5. The maximum absolute atomic E-state index is 12.1. The van der Waals surface area contributed by atoms with Crippen LogP contribution in [0.5, 0.6) is 0 Å². The van der Waals surface area contributed by atoms with Crippen LogP contribution in [0.3, 0.4) is 0 Å².